The minimum Gasteiger partial charge on any atom is -0.439 e. The summed E-state index contributed by atoms with van der Waals surface area (Å²) in [5.74, 6) is 0. The van der Waals surface area contributed by atoms with Gasteiger partial charge in [0.1, 0.15) is 0 Å². The van der Waals surface area contributed by atoms with Crippen molar-refractivity contribution in [1.82, 2.24) is 29.9 Å². The van der Waals surface area contributed by atoms with Crippen LogP contribution in [-0.2, 0) is 42.1 Å². The van der Waals surface area contributed by atoms with Gasteiger partial charge >= 0.3 is 42.1 Å². The molecule has 12 aromatic rings. The Balaban J connectivity index is 0.000000123. The third kappa shape index (κ3) is 9.64. The largest absolute Gasteiger partial charge is 2.00 e. The smallest absolute Gasteiger partial charge is 0.439 e. The van der Waals surface area contributed by atoms with E-state index < -0.39 is 0 Å². The third-order valence-corrected chi connectivity index (χ3v) is 10.2. The molecule has 62 heavy (non-hydrogen) atoms. The molecule has 0 spiro atoms. The van der Waals surface area contributed by atoms with Gasteiger partial charge in [-0.2, -0.15) is 0 Å². The third-order valence-electron chi connectivity index (χ3n) is 10.2. The van der Waals surface area contributed by atoms with Crippen LogP contribution in [0.15, 0.2) is 194 Å². The number of hydrogen-bond donors (Lipinski definition) is 0. The molecule has 0 aliphatic heterocycles. The van der Waals surface area contributed by atoms with Crippen LogP contribution < -0.4 is 9.97 Å². The van der Waals surface area contributed by atoms with E-state index in [0.717, 1.165) is 67.0 Å². The molecule has 0 bridgehead atoms. The summed E-state index contributed by atoms with van der Waals surface area (Å²) in [4.78, 5) is 26.5. The Morgan fingerprint density at radius 2 is 0.758 bits per heavy atom. The van der Waals surface area contributed by atoms with Gasteiger partial charge in [0.15, 0.2) is 0 Å². The number of benzene rings is 6. The molecule has 6 heterocycles. The molecule has 12 rings (SSSR count). The SMILES string of the molecule is Cc1ccc2c(n1)[n-]c1ccccc12.Cc1ccc2c(n1)[n-]c1ccccc12.[Pt+2].[Pt+2].[c-]1ccc2ccccc2c1-c1ccccn1.[c-]1ccc2ccccc2c1-c1ccccn1. The minimum absolute atomic E-state index is 0. The molecule has 0 unspecified atom stereocenters. The number of aromatic nitrogens is 6. The molecule has 304 valence electrons. The molecule has 0 aliphatic rings. The molecule has 0 fully saturated rings. The molecule has 0 saturated carbocycles. The van der Waals surface area contributed by atoms with Crippen LogP contribution in [-0.4, -0.2) is 19.9 Å². The zero-order valence-electron chi connectivity index (χ0n) is 33.8. The van der Waals surface area contributed by atoms with Crippen LogP contribution in [0, 0.1) is 26.0 Å². The van der Waals surface area contributed by atoms with Crippen LogP contribution in [0.3, 0.4) is 0 Å². The zero-order valence-corrected chi connectivity index (χ0v) is 38.3. The first-order valence-electron chi connectivity index (χ1n) is 19.8. The van der Waals surface area contributed by atoms with Crippen LogP contribution in [0.25, 0.3) is 87.9 Å². The molecule has 6 aromatic carbocycles. The summed E-state index contributed by atoms with van der Waals surface area (Å²) in [6.45, 7) is 3.97. The number of aryl methyl sites for hydroxylation is 2. The van der Waals surface area contributed by atoms with E-state index in [2.05, 4.69) is 103 Å². The first-order chi connectivity index (χ1) is 29.6. The number of para-hydroxylation sites is 2. The molecule has 6 nitrogen and oxygen atoms in total. The number of fused-ring (bicyclic) bond motifs is 8. The summed E-state index contributed by atoms with van der Waals surface area (Å²) in [5, 5.41) is 9.51. The Bertz CT molecular complexity index is 3130. The number of nitrogens with zero attached hydrogens (tertiary/aromatic N) is 6. The van der Waals surface area contributed by atoms with Crippen molar-refractivity contribution in [3.63, 3.8) is 0 Å². The molecule has 0 amide bonds. The standard InChI is InChI=1S/2C15H10N.2C12H9N2.2Pt/c2*1-2-8-13-12(6-1)7-5-9-14(13)15-10-3-4-11-16-15;2*1-8-6-7-10-9-4-2-3-5-11(9)14-12(10)13-8;;/h2*1-8,10-11H;2*2-7H,1H3;;/q4*-1;2*+2. The Labute approximate surface area is 389 Å². The van der Waals surface area contributed by atoms with E-state index in [1.165, 1.54) is 32.3 Å². The van der Waals surface area contributed by atoms with Crippen molar-refractivity contribution >= 4 is 65.4 Å². The van der Waals surface area contributed by atoms with Crippen LogP contribution in [0.5, 0.6) is 0 Å². The van der Waals surface area contributed by atoms with Crippen molar-refractivity contribution in [2.45, 2.75) is 13.8 Å². The Morgan fingerprint density at radius 1 is 0.371 bits per heavy atom. The van der Waals surface area contributed by atoms with Gasteiger partial charge in [0.25, 0.3) is 0 Å². The summed E-state index contributed by atoms with van der Waals surface area (Å²) in [6.07, 6.45) is 3.62. The first-order valence-corrected chi connectivity index (χ1v) is 19.8. The fourth-order valence-corrected chi connectivity index (χ4v) is 7.27. The number of hydrogen-bond acceptors (Lipinski definition) is 4. The van der Waals surface area contributed by atoms with E-state index in [-0.39, 0.29) is 42.1 Å². The van der Waals surface area contributed by atoms with E-state index in [0.29, 0.717) is 0 Å². The second-order valence-corrected chi connectivity index (χ2v) is 14.2. The fourth-order valence-electron chi connectivity index (χ4n) is 7.27. The second-order valence-electron chi connectivity index (χ2n) is 14.2. The zero-order chi connectivity index (χ0) is 40.7. The van der Waals surface area contributed by atoms with E-state index >= 15 is 0 Å². The molecular formula is C54H38N6Pt2. The van der Waals surface area contributed by atoms with Gasteiger partial charge in [-0.05, 0) is 69.9 Å². The van der Waals surface area contributed by atoms with Crippen molar-refractivity contribution in [3.8, 4) is 22.5 Å². The molecule has 0 aliphatic carbocycles. The quantitative estimate of drug-likeness (QED) is 0.161. The van der Waals surface area contributed by atoms with Gasteiger partial charge in [-0.3, -0.25) is 0 Å². The van der Waals surface area contributed by atoms with Crippen LogP contribution >= 0.6 is 0 Å². The first kappa shape index (κ1) is 43.5. The topological polar surface area (TPSA) is 79.8 Å². The van der Waals surface area contributed by atoms with E-state index in [9.17, 15) is 0 Å². The summed E-state index contributed by atoms with van der Waals surface area (Å²) >= 11 is 0. The molecule has 6 aromatic heterocycles. The molecule has 8 heteroatoms. The van der Waals surface area contributed by atoms with E-state index in [4.69, 9.17) is 0 Å². The van der Waals surface area contributed by atoms with Gasteiger partial charge in [0.2, 0.25) is 0 Å². The van der Waals surface area contributed by atoms with Crippen LogP contribution in [0.2, 0.25) is 0 Å². The Morgan fingerprint density at radius 3 is 1.18 bits per heavy atom. The predicted molar refractivity (Wildman–Crippen MR) is 247 cm³/mol. The maximum absolute atomic E-state index is 4.46. The van der Waals surface area contributed by atoms with Crippen LogP contribution in [0.1, 0.15) is 11.4 Å². The van der Waals surface area contributed by atoms with Gasteiger partial charge in [-0.15, -0.1) is 58.3 Å². The minimum atomic E-state index is 0. The maximum atomic E-state index is 4.46. The molecular weight excluding hydrogens is 1120 g/mol. The van der Waals surface area contributed by atoms with Crippen molar-refractivity contribution < 1.29 is 42.1 Å². The molecule has 0 radical (unpaired) electrons. The van der Waals surface area contributed by atoms with Crippen LogP contribution in [0.4, 0.5) is 0 Å². The summed E-state index contributed by atoms with van der Waals surface area (Å²) in [7, 11) is 0. The van der Waals surface area contributed by atoms with Gasteiger partial charge in [-0.1, -0.05) is 179 Å². The van der Waals surface area contributed by atoms with Gasteiger partial charge in [0.05, 0.1) is 0 Å². The van der Waals surface area contributed by atoms with Gasteiger partial charge in [-0.25, -0.2) is 0 Å². The van der Waals surface area contributed by atoms with Crippen molar-refractivity contribution in [1.29, 1.82) is 0 Å². The molecule has 0 saturated heterocycles. The van der Waals surface area contributed by atoms with Crippen molar-refractivity contribution in [2.75, 3.05) is 0 Å². The van der Waals surface area contributed by atoms with Crippen molar-refractivity contribution in [3.05, 3.63) is 218 Å². The summed E-state index contributed by atoms with van der Waals surface area (Å²) in [6, 6.07) is 67.6. The molecule has 0 atom stereocenters. The van der Waals surface area contributed by atoms with Crippen molar-refractivity contribution in [2.24, 2.45) is 0 Å². The predicted octanol–water partition coefficient (Wildman–Crippen LogP) is 12.7. The van der Waals surface area contributed by atoms with E-state index in [1.54, 1.807) is 0 Å². The number of rotatable bonds is 2. The average molecular weight is 1160 g/mol. The monoisotopic (exact) mass is 1160 g/mol. The van der Waals surface area contributed by atoms with Gasteiger partial charge < -0.3 is 29.9 Å². The normalized spacial score (nSPS) is 10.5. The Kier molecular flexibility index (Phi) is 14.3. The van der Waals surface area contributed by atoms with Gasteiger partial charge in [0, 0.05) is 12.4 Å². The summed E-state index contributed by atoms with van der Waals surface area (Å²) in [5.41, 5.74) is 9.87. The maximum Gasteiger partial charge on any atom is 2.00 e. The second kappa shape index (κ2) is 20.3. The fraction of sp³-hybridized carbons (Fsp3) is 0.0370. The molecule has 0 N–H and O–H groups in total. The Hall–Kier alpha value is -6.58. The average Bonchev–Trinajstić information content (AvgIpc) is 3.87. The summed E-state index contributed by atoms with van der Waals surface area (Å²) < 4.78 is 0. The van der Waals surface area contributed by atoms with E-state index in [1.807, 2.05) is 148 Å². The number of pyridine rings is 4.